The van der Waals surface area contributed by atoms with Crippen molar-refractivity contribution >= 4 is 29.1 Å². The minimum atomic E-state index is -4.62. The van der Waals surface area contributed by atoms with E-state index in [0.717, 1.165) is 17.0 Å². The van der Waals surface area contributed by atoms with Crippen LogP contribution in [0.5, 0.6) is 0 Å². The van der Waals surface area contributed by atoms with E-state index in [1.165, 1.54) is 13.0 Å². The summed E-state index contributed by atoms with van der Waals surface area (Å²) >= 11 is 5.58. The Labute approximate surface area is 144 Å². The number of benzene rings is 1. The number of carbonyl (C=O) groups is 2. The van der Waals surface area contributed by atoms with Crippen molar-refractivity contribution in [2.24, 2.45) is 5.41 Å². The average molecular weight is 365 g/mol. The molecule has 0 aliphatic heterocycles. The van der Waals surface area contributed by atoms with Crippen LogP contribution in [0.25, 0.3) is 0 Å². The number of halogens is 4. The Morgan fingerprint density at radius 1 is 1.21 bits per heavy atom. The molecule has 134 valence electrons. The van der Waals surface area contributed by atoms with E-state index in [9.17, 15) is 22.8 Å². The highest BCUT2D eigenvalue weighted by Crippen LogP contribution is 2.36. The minimum Gasteiger partial charge on any atom is -0.354 e. The second-order valence-corrected chi connectivity index (χ2v) is 6.75. The summed E-state index contributed by atoms with van der Waals surface area (Å²) in [7, 11) is 0. The lowest BCUT2D eigenvalue weighted by atomic mass is 9.96. The zero-order chi connectivity index (χ0) is 18.7. The van der Waals surface area contributed by atoms with Crippen molar-refractivity contribution in [3.63, 3.8) is 0 Å². The van der Waals surface area contributed by atoms with E-state index < -0.39 is 28.1 Å². The monoisotopic (exact) mass is 364 g/mol. The molecule has 0 saturated carbocycles. The molecule has 0 atom stereocenters. The number of hydrogen-bond acceptors (Lipinski definition) is 2. The SMILES string of the molecule is CC(=O)N(CCNC(=O)C(C)(C)C)c1ccc(Cl)c(C(F)(F)F)c1. The lowest BCUT2D eigenvalue weighted by Crippen LogP contribution is -2.41. The van der Waals surface area contributed by atoms with Crippen molar-refractivity contribution in [2.45, 2.75) is 33.9 Å². The van der Waals surface area contributed by atoms with Gasteiger partial charge in [0.15, 0.2) is 0 Å². The minimum absolute atomic E-state index is 0.0517. The molecule has 2 amide bonds. The lowest BCUT2D eigenvalue weighted by molar-refractivity contribution is -0.137. The third kappa shape index (κ3) is 5.40. The molecule has 1 aromatic carbocycles. The molecule has 8 heteroatoms. The number of hydrogen-bond donors (Lipinski definition) is 1. The molecule has 0 aliphatic carbocycles. The number of amides is 2. The van der Waals surface area contributed by atoms with Crippen LogP contribution in [0.2, 0.25) is 5.02 Å². The third-order valence-corrected chi connectivity index (χ3v) is 3.58. The number of rotatable bonds is 4. The summed E-state index contributed by atoms with van der Waals surface area (Å²) in [5.41, 5.74) is -1.53. The molecule has 1 rings (SSSR count). The average Bonchev–Trinajstić information content (AvgIpc) is 2.41. The van der Waals surface area contributed by atoms with Gasteiger partial charge in [0.05, 0.1) is 10.6 Å². The Morgan fingerprint density at radius 3 is 2.25 bits per heavy atom. The quantitative estimate of drug-likeness (QED) is 0.881. The van der Waals surface area contributed by atoms with Gasteiger partial charge in [0.1, 0.15) is 0 Å². The normalized spacial score (nSPS) is 12.0. The van der Waals surface area contributed by atoms with Gasteiger partial charge in [0, 0.05) is 31.1 Å². The highest BCUT2D eigenvalue weighted by atomic mass is 35.5. The fourth-order valence-corrected chi connectivity index (χ4v) is 2.14. The Balaban J connectivity index is 2.94. The first-order valence-electron chi connectivity index (χ1n) is 7.27. The van der Waals surface area contributed by atoms with Crippen molar-refractivity contribution < 1.29 is 22.8 Å². The predicted octanol–water partition coefficient (Wildman–Crippen LogP) is 3.87. The number of nitrogens with one attached hydrogen (secondary N) is 1. The van der Waals surface area contributed by atoms with Crippen molar-refractivity contribution in [3.8, 4) is 0 Å². The number of nitrogens with zero attached hydrogens (tertiary/aromatic N) is 1. The van der Waals surface area contributed by atoms with Crippen molar-refractivity contribution in [2.75, 3.05) is 18.0 Å². The molecule has 1 N–H and O–H groups in total. The maximum Gasteiger partial charge on any atom is 0.417 e. The first-order valence-corrected chi connectivity index (χ1v) is 7.65. The van der Waals surface area contributed by atoms with E-state index in [1.807, 2.05) is 0 Å². The van der Waals surface area contributed by atoms with E-state index in [4.69, 9.17) is 11.6 Å². The van der Waals surface area contributed by atoms with Gasteiger partial charge < -0.3 is 10.2 Å². The van der Waals surface area contributed by atoms with Gasteiger partial charge in [-0.15, -0.1) is 0 Å². The third-order valence-electron chi connectivity index (χ3n) is 3.25. The molecule has 1 aromatic rings. The molecule has 0 heterocycles. The van der Waals surface area contributed by atoms with Crippen LogP contribution in [0, 0.1) is 5.41 Å². The summed E-state index contributed by atoms with van der Waals surface area (Å²) in [5, 5.41) is 2.22. The number of carbonyl (C=O) groups excluding carboxylic acids is 2. The molecular weight excluding hydrogens is 345 g/mol. The van der Waals surface area contributed by atoms with Gasteiger partial charge in [-0.1, -0.05) is 32.4 Å². The summed E-state index contributed by atoms with van der Waals surface area (Å²) in [4.78, 5) is 24.7. The van der Waals surface area contributed by atoms with Gasteiger partial charge in [0.2, 0.25) is 11.8 Å². The van der Waals surface area contributed by atoms with Gasteiger partial charge in [-0.3, -0.25) is 9.59 Å². The van der Waals surface area contributed by atoms with Crippen LogP contribution >= 0.6 is 11.6 Å². The fraction of sp³-hybridized carbons (Fsp3) is 0.500. The molecule has 0 unspecified atom stereocenters. The van der Waals surface area contributed by atoms with Gasteiger partial charge in [-0.2, -0.15) is 13.2 Å². The largest absolute Gasteiger partial charge is 0.417 e. The van der Waals surface area contributed by atoms with Crippen LogP contribution < -0.4 is 10.2 Å². The van der Waals surface area contributed by atoms with Crippen LogP contribution in [-0.2, 0) is 15.8 Å². The standard InChI is InChI=1S/C16H20ClF3N2O2/c1-10(23)22(8-7-21-14(24)15(2,3)4)11-5-6-13(17)12(9-11)16(18,19)20/h5-6,9H,7-8H2,1-4H3,(H,21,24). The Hall–Kier alpha value is -1.76. The van der Waals surface area contributed by atoms with Crippen molar-refractivity contribution in [1.29, 1.82) is 0 Å². The van der Waals surface area contributed by atoms with Crippen LogP contribution in [-0.4, -0.2) is 24.9 Å². The summed E-state index contributed by atoms with van der Waals surface area (Å²) < 4.78 is 38.8. The summed E-state index contributed by atoms with van der Waals surface area (Å²) in [6, 6.07) is 3.27. The second-order valence-electron chi connectivity index (χ2n) is 6.34. The molecule has 0 saturated heterocycles. The molecule has 0 spiro atoms. The summed E-state index contributed by atoms with van der Waals surface area (Å²) in [6.07, 6.45) is -4.62. The zero-order valence-corrected chi connectivity index (χ0v) is 14.7. The molecule has 0 aromatic heterocycles. The molecule has 24 heavy (non-hydrogen) atoms. The van der Waals surface area contributed by atoms with Crippen molar-refractivity contribution in [3.05, 3.63) is 28.8 Å². The molecule has 0 radical (unpaired) electrons. The zero-order valence-electron chi connectivity index (χ0n) is 13.9. The maximum atomic E-state index is 12.9. The predicted molar refractivity (Wildman–Crippen MR) is 86.9 cm³/mol. The molecular formula is C16H20ClF3N2O2. The topological polar surface area (TPSA) is 49.4 Å². The highest BCUT2D eigenvalue weighted by molar-refractivity contribution is 6.31. The lowest BCUT2D eigenvalue weighted by Gasteiger charge is -2.24. The van der Waals surface area contributed by atoms with Crippen molar-refractivity contribution in [1.82, 2.24) is 5.32 Å². The van der Waals surface area contributed by atoms with E-state index in [0.29, 0.717) is 0 Å². The second kappa shape index (κ2) is 7.42. The van der Waals surface area contributed by atoms with E-state index >= 15 is 0 Å². The Bertz CT molecular complexity index is 625. The van der Waals surface area contributed by atoms with Crippen LogP contribution in [0.1, 0.15) is 33.3 Å². The van der Waals surface area contributed by atoms with E-state index in [-0.39, 0.29) is 24.7 Å². The van der Waals surface area contributed by atoms with Gasteiger partial charge in [-0.25, -0.2) is 0 Å². The Morgan fingerprint density at radius 2 is 1.79 bits per heavy atom. The van der Waals surface area contributed by atoms with Gasteiger partial charge in [0.25, 0.3) is 0 Å². The molecule has 0 fully saturated rings. The van der Waals surface area contributed by atoms with Crippen LogP contribution in [0.3, 0.4) is 0 Å². The van der Waals surface area contributed by atoms with Gasteiger partial charge >= 0.3 is 6.18 Å². The molecule has 0 aliphatic rings. The van der Waals surface area contributed by atoms with Gasteiger partial charge in [-0.05, 0) is 18.2 Å². The first-order chi connectivity index (χ1) is 10.8. The fourth-order valence-electron chi connectivity index (χ4n) is 1.91. The summed E-state index contributed by atoms with van der Waals surface area (Å²) in [5.74, 6) is -0.645. The molecule has 4 nitrogen and oxygen atoms in total. The van der Waals surface area contributed by atoms with E-state index in [1.54, 1.807) is 20.8 Å². The summed E-state index contributed by atoms with van der Waals surface area (Å²) in [6.45, 7) is 6.63. The highest BCUT2D eigenvalue weighted by Gasteiger charge is 2.34. The Kier molecular flexibility index (Phi) is 6.27. The van der Waals surface area contributed by atoms with Crippen LogP contribution in [0.15, 0.2) is 18.2 Å². The molecule has 0 bridgehead atoms. The number of anilines is 1. The van der Waals surface area contributed by atoms with E-state index in [2.05, 4.69) is 5.32 Å². The smallest absolute Gasteiger partial charge is 0.354 e. The maximum absolute atomic E-state index is 12.9. The van der Waals surface area contributed by atoms with Crippen LogP contribution in [0.4, 0.5) is 18.9 Å². The number of alkyl halides is 3. The first kappa shape index (κ1) is 20.3.